The Kier molecular flexibility index (Phi) is 8.40. The van der Waals surface area contributed by atoms with Crippen LogP contribution >= 0.6 is 0 Å². The van der Waals surface area contributed by atoms with Crippen LogP contribution in [-0.4, -0.2) is 52.0 Å². The predicted octanol–water partition coefficient (Wildman–Crippen LogP) is 3.76. The minimum Gasteiger partial charge on any atom is -0.431 e. The maximum atomic E-state index is 12.7. The number of aliphatic hydroxyl groups excluding tert-OH is 2. The summed E-state index contributed by atoms with van der Waals surface area (Å²) in [6, 6.07) is 0. The van der Waals surface area contributed by atoms with Crippen LogP contribution in [0.25, 0.3) is 0 Å². The molecule has 0 aliphatic heterocycles. The lowest BCUT2D eigenvalue weighted by Gasteiger charge is -2.50. The Morgan fingerprint density at radius 1 is 1.07 bits per heavy atom. The van der Waals surface area contributed by atoms with E-state index in [1.165, 1.54) is 0 Å². The van der Waals surface area contributed by atoms with E-state index < -0.39 is 30.6 Å². The molecule has 0 aromatic rings. The van der Waals surface area contributed by atoms with Gasteiger partial charge in [-0.2, -0.15) is 0 Å². The second-order valence-electron chi connectivity index (χ2n) is 10.3. The van der Waals surface area contributed by atoms with Crippen molar-refractivity contribution in [1.29, 1.82) is 0 Å². The fraction of sp³-hybridized carbons (Fsp3) is 0.957. The Morgan fingerprint density at radius 3 is 2.28 bits per heavy atom. The maximum Gasteiger partial charge on any atom is 0.509 e. The number of hydrogen-bond acceptors (Lipinski definition) is 6. The van der Waals surface area contributed by atoms with E-state index in [2.05, 4.69) is 20.8 Å². The molecule has 0 amide bonds. The predicted molar refractivity (Wildman–Crippen MR) is 111 cm³/mol. The third-order valence-corrected chi connectivity index (χ3v) is 7.47. The third kappa shape index (κ3) is 5.26. The SMILES string of the molecule is CC(C)C1CCC(C)C(O)C1(O)C(CO)OC(=O)O[C@@H]1C[C@H](C)CC[C@H]1C(C)C. The highest BCUT2D eigenvalue weighted by atomic mass is 16.7. The average molecular weight is 415 g/mol. The lowest BCUT2D eigenvalue weighted by Crippen LogP contribution is -2.65. The molecule has 29 heavy (non-hydrogen) atoms. The second kappa shape index (κ2) is 9.97. The summed E-state index contributed by atoms with van der Waals surface area (Å²) < 4.78 is 11.2. The largest absolute Gasteiger partial charge is 0.509 e. The van der Waals surface area contributed by atoms with Crippen LogP contribution in [0.2, 0.25) is 0 Å². The molecule has 8 atom stereocenters. The van der Waals surface area contributed by atoms with Crippen molar-refractivity contribution in [2.75, 3.05) is 6.61 Å². The van der Waals surface area contributed by atoms with Gasteiger partial charge in [-0.1, -0.05) is 48.0 Å². The molecule has 6 nitrogen and oxygen atoms in total. The van der Waals surface area contributed by atoms with Crippen LogP contribution in [0.1, 0.15) is 73.6 Å². The van der Waals surface area contributed by atoms with Gasteiger partial charge in [-0.25, -0.2) is 4.79 Å². The summed E-state index contributed by atoms with van der Waals surface area (Å²) >= 11 is 0. The van der Waals surface area contributed by atoms with Crippen LogP contribution in [0.15, 0.2) is 0 Å². The van der Waals surface area contributed by atoms with Crippen LogP contribution in [0, 0.1) is 35.5 Å². The normalized spacial score (nSPS) is 39.4. The number of carbonyl (C=O) groups excluding carboxylic acids is 1. The highest BCUT2D eigenvalue weighted by molar-refractivity contribution is 5.60. The zero-order valence-electron chi connectivity index (χ0n) is 19.0. The monoisotopic (exact) mass is 414 g/mol. The summed E-state index contributed by atoms with van der Waals surface area (Å²) in [7, 11) is 0. The van der Waals surface area contributed by atoms with Crippen LogP contribution < -0.4 is 0 Å². The van der Waals surface area contributed by atoms with Crippen LogP contribution in [-0.2, 0) is 9.47 Å². The van der Waals surface area contributed by atoms with Crippen molar-refractivity contribution in [2.24, 2.45) is 35.5 Å². The first-order chi connectivity index (χ1) is 13.5. The van der Waals surface area contributed by atoms with Crippen LogP contribution in [0.5, 0.6) is 0 Å². The molecular formula is C23H42O6. The molecule has 0 radical (unpaired) electrons. The zero-order valence-corrected chi connectivity index (χ0v) is 19.0. The molecule has 2 aliphatic carbocycles. The maximum absolute atomic E-state index is 12.7. The Hall–Kier alpha value is -0.850. The topological polar surface area (TPSA) is 96.2 Å². The Morgan fingerprint density at radius 2 is 1.72 bits per heavy atom. The first-order valence-corrected chi connectivity index (χ1v) is 11.4. The first kappa shape index (κ1) is 24.4. The summed E-state index contributed by atoms with van der Waals surface area (Å²) in [5.41, 5.74) is -1.70. The van der Waals surface area contributed by atoms with E-state index in [1.54, 1.807) is 0 Å². The van der Waals surface area contributed by atoms with Gasteiger partial charge in [0.1, 0.15) is 11.7 Å². The molecular weight excluding hydrogens is 372 g/mol. The molecule has 5 unspecified atom stereocenters. The fourth-order valence-corrected chi connectivity index (χ4v) is 5.60. The Labute approximate surface area is 176 Å². The number of carbonyl (C=O) groups is 1. The van der Waals surface area contributed by atoms with Crippen molar-refractivity contribution < 1.29 is 29.6 Å². The van der Waals surface area contributed by atoms with Gasteiger partial charge in [-0.3, -0.25) is 0 Å². The highest BCUT2D eigenvalue weighted by Gasteiger charge is 2.56. The summed E-state index contributed by atoms with van der Waals surface area (Å²) in [6.45, 7) is 11.7. The van der Waals surface area contributed by atoms with E-state index in [4.69, 9.17) is 9.47 Å². The van der Waals surface area contributed by atoms with Crippen LogP contribution in [0.4, 0.5) is 4.79 Å². The third-order valence-electron chi connectivity index (χ3n) is 7.47. The number of aliphatic hydroxyl groups is 3. The molecule has 6 heteroatoms. The van der Waals surface area contributed by atoms with E-state index >= 15 is 0 Å². The molecule has 2 aliphatic rings. The molecule has 3 N–H and O–H groups in total. The summed E-state index contributed by atoms with van der Waals surface area (Å²) in [5.74, 6) is 0.792. The number of ether oxygens (including phenoxy) is 2. The number of rotatable bonds is 6. The van der Waals surface area contributed by atoms with Gasteiger partial charge in [0.15, 0.2) is 6.10 Å². The Balaban J connectivity index is 2.15. The van der Waals surface area contributed by atoms with Gasteiger partial charge in [-0.05, 0) is 61.2 Å². The van der Waals surface area contributed by atoms with Gasteiger partial charge in [0.2, 0.25) is 0 Å². The highest BCUT2D eigenvalue weighted by Crippen LogP contribution is 2.44. The lowest BCUT2D eigenvalue weighted by atomic mass is 9.63. The van der Waals surface area contributed by atoms with E-state index in [9.17, 15) is 20.1 Å². The van der Waals surface area contributed by atoms with Crippen LogP contribution in [0.3, 0.4) is 0 Å². The molecule has 2 saturated carbocycles. The first-order valence-electron chi connectivity index (χ1n) is 11.4. The Bertz CT molecular complexity index is 535. The molecule has 2 fully saturated rings. The number of hydrogen-bond donors (Lipinski definition) is 3. The molecule has 0 heterocycles. The van der Waals surface area contributed by atoms with E-state index in [0.29, 0.717) is 18.3 Å². The molecule has 170 valence electrons. The molecule has 0 bridgehead atoms. The van der Waals surface area contributed by atoms with Gasteiger partial charge in [-0.15, -0.1) is 0 Å². The van der Waals surface area contributed by atoms with Crippen molar-refractivity contribution in [3.05, 3.63) is 0 Å². The van der Waals surface area contributed by atoms with Gasteiger partial charge in [0, 0.05) is 0 Å². The van der Waals surface area contributed by atoms with Gasteiger partial charge >= 0.3 is 6.16 Å². The van der Waals surface area contributed by atoms with Crippen molar-refractivity contribution in [3.8, 4) is 0 Å². The van der Waals surface area contributed by atoms with Gasteiger partial charge < -0.3 is 24.8 Å². The van der Waals surface area contributed by atoms with Crippen molar-refractivity contribution in [1.82, 2.24) is 0 Å². The quantitative estimate of drug-likeness (QED) is 0.573. The van der Waals surface area contributed by atoms with E-state index in [0.717, 1.165) is 25.7 Å². The van der Waals surface area contributed by atoms with E-state index in [-0.39, 0.29) is 29.8 Å². The minimum atomic E-state index is -1.70. The fourth-order valence-electron chi connectivity index (χ4n) is 5.60. The molecule has 0 aromatic carbocycles. The second-order valence-corrected chi connectivity index (χ2v) is 10.3. The molecule has 0 saturated heterocycles. The van der Waals surface area contributed by atoms with Gasteiger partial charge in [0.05, 0.1) is 12.7 Å². The standard InChI is InChI=1S/C23H42O6/c1-13(2)17-9-7-15(5)11-19(17)28-22(26)29-20(12-24)23(27)18(14(3)4)10-8-16(6)21(23)25/h13-21,24-25,27H,7-12H2,1-6H3/t15-,16?,17+,18?,19-,20?,21?,23?/m1/s1. The van der Waals surface area contributed by atoms with Crippen molar-refractivity contribution >= 4 is 6.16 Å². The summed E-state index contributed by atoms with van der Waals surface area (Å²) in [4.78, 5) is 12.7. The molecule has 0 aromatic heterocycles. The minimum absolute atomic E-state index is 0.0698. The summed E-state index contributed by atoms with van der Waals surface area (Å²) in [6.07, 6.45) is 1.02. The van der Waals surface area contributed by atoms with E-state index in [1.807, 2.05) is 20.8 Å². The smallest absolute Gasteiger partial charge is 0.431 e. The van der Waals surface area contributed by atoms with Gasteiger partial charge in [0.25, 0.3) is 0 Å². The molecule has 0 spiro atoms. The average Bonchev–Trinajstić information content (AvgIpc) is 2.63. The lowest BCUT2D eigenvalue weighted by molar-refractivity contribution is -0.229. The zero-order chi connectivity index (χ0) is 21.9. The molecule has 2 rings (SSSR count). The summed E-state index contributed by atoms with van der Waals surface area (Å²) in [5, 5.41) is 32.3. The van der Waals surface area contributed by atoms with Crippen molar-refractivity contribution in [3.63, 3.8) is 0 Å². The van der Waals surface area contributed by atoms with Crippen molar-refractivity contribution in [2.45, 2.75) is 97.6 Å².